The molecule has 0 radical (unpaired) electrons. The minimum Gasteiger partial charge on any atom is -0.508 e. The number of hydrogen-bond acceptors (Lipinski definition) is 23. The summed E-state index contributed by atoms with van der Waals surface area (Å²) in [7, 11) is 3.88. The highest BCUT2D eigenvalue weighted by Gasteiger charge is 2.48. The molecule has 42 heteroatoms. The predicted molar refractivity (Wildman–Crippen MR) is 485 cm³/mol. The number of H-pyrrole nitrogens is 1. The molecule has 20 N–H and O–H groups in total. The van der Waals surface area contributed by atoms with Gasteiger partial charge < -0.3 is 120 Å². The summed E-state index contributed by atoms with van der Waals surface area (Å²) >= 11 is 0.680. The zero-order valence-electron chi connectivity index (χ0n) is 75.2. The third-order valence-electron chi connectivity index (χ3n) is 23.3. The number of carboxylic acids is 2. The Morgan fingerprint density at radius 2 is 1.07 bits per heavy atom. The number of carboxylic acid groups (broad SMARTS) is 2. The van der Waals surface area contributed by atoms with Gasteiger partial charge in [-0.25, -0.2) is 8.78 Å². The summed E-state index contributed by atoms with van der Waals surface area (Å²) in [4.78, 5) is 248. The van der Waals surface area contributed by atoms with E-state index in [-0.39, 0.29) is 75.0 Å². The first-order valence-corrected chi connectivity index (χ1v) is 45.1. The van der Waals surface area contributed by atoms with E-state index in [1.807, 2.05) is 0 Å². The first kappa shape index (κ1) is 106. The molecular formula is C92H119F2N17O22S. The van der Waals surface area contributed by atoms with Crippen LogP contribution in [0.25, 0.3) is 10.9 Å². The number of phenols is 1. The number of likely N-dealkylation sites (tertiary alicyclic amines) is 2. The number of likely N-dealkylation sites (N-methyl/N-ethyl adjacent to an activating group) is 3. The van der Waals surface area contributed by atoms with Gasteiger partial charge in [0.1, 0.15) is 78.5 Å². The average Bonchev–Trinajstić information content (AvgIpc) is 1.73. The molecule has 0 saturated carbocycles. The van der Waals surface area contributed by atoms with Gasteiger partial charge in [-0.2, -0.15) is 0 Å². The highest BCUT2D eigenvalue weighted by Crippen LogP contribution is 2.28. The van der Waals surface area contributed by atoms with Crippen LogP contribution in [0.5, 0.6) is 5.75 Å². The minimum atomic E-state index is -1.73. The van der Waals surface area contributed by atoms with Gasteiger partial charge in [0.2, 0.25) is 82.7 Å². The van der Waals surface area contributed by atoms with Gasteiger partial charge in [-0.05, 0) is 96.3 Å². The molecule has 0 aliphatic carbocycles. The van der Waals surface area contributed by atoms with Gasteiger partial charge in [0.05, 0.1) is 43.0 Å². The van der Waals surface area contributed by atoms with Gasteiger partial charge in [-0.3, -0.25) is 76.7 Å². The topological polar surface area (TPSA) is 598 Å². The van der Waals surface area contributed by atoms with Crippen LogP contribution in [-0.4, -0.2) is 306 Å². The van der Waals surface area contributed by atoms with Gasteiger partial charge in [-0.15, -0.1) is 11.8 Å². The van der Waals surface area contributed by atoms with Crippen molar-refractivity contribution in [1.82, 2.24) is 72.0 Å². The van der Waals surface area contributed by atoms with E-state index in [9.17, 15) is 82.7 Å². The number of phenolic OH excluding ortho intramolecular Hbond substituents is 1. The summed E-state index contributed by atoms with van der Waals surface area (Å²) in [5, 5.41) is 72.9. The van der Waals surface area contributed by atoms with E-state index in [0.29, 0.717) is 57.8 Å². The number of aromatic hydroxyl groups is 1. The van der Waals surface area contributed by atoms with Crippen LogP contribution < -0.4 is 59.7 Å². The molecule has 2 fully saturated rings. The SMILES string of the molecule is CCCC[C@@H](C(=O)N1C[C@@H](O)C[C@@H]1C(=O)N[C@H](C=O)CC(=O)O)N(C)C(=O)[C@H](Cc1ccccc1)N(C)C(=O)[C@H](Cc1ccc(F)c(F)c1)NC(=O)CSC[C@H](NC(=O)[C@H](CCCN)NC(=O)[C@H](Cc1ccc(O)cc1)NC(=O)[C@H](Cc1c[nH]c2ccccc12)NC(=O)[C@H]1C[C@H](O)CN1C(=O)[C@H](CCC(=O)O)NC(=O)[C@H](Cc1ccccc1)N(C)C(=O)[C@@H](N)C(C)C)C(=O)NCC(N)=O. The highest BCUT2D eigenvalue weighted by molar-refractivity contribution is 8.00. The monoisotopic (exact) mass is 1880 g/mol. The molecule has 15 atom stereocenters. The van der Waals surface area contributed by atoms with Crippen molar-refractivity contribution in [2.24, 2.45) is 23.1 Å². The number of carbonyl (C=O) groups excluding carboxylic acids is 15. The number of hydrogen-bond donors (Lipinski definition) is 17. The van der Waals surface area contributed by atoms with Crippen molar-refractivity contribution in [3.63, 3.8) is 0 Å². The van der Waals surface area contributed by atoms with Crippen LogP contribution in [0.3, 0.4) is 0 Å². The fourth-order valence-corrected chi connectivity index (χ4v) is 16.6. The summed E-state index contributed by atoms with van der Waals surface area (Å²) < 4.78 is 29.7. The number of amides is 14. The smallest absolute Gasteiger partial charge is 0.305 e. The number of aliphatic carboxylic acids is 2. The van der Waals surface area contributed by atoms with E-state index in [0.717, 1.165) is 42.7 Å². The van der Waals surface area contributed by atoms with E-state index < -0.39 is 267 Å². The Balaban J connectivity index is 1.04. The molecule has 8 rings (SSSR count). The Labute approximate surface area is 776 Å². The standard InChI is InChI=1S/C92H119F2N17O22S/c1-7-8-25-71(91(132)111-47-60(115)42-73(111)86(127)100-57(48-112)41-79(120)121)107(4)90(131)75(39-53-20-13-10-14-21-53)109(6)88(129)69(37-55-28-31-62(93)63(94)35-55)101-77(117)50-134-49-70(81(122)99-45-76(96)116)106-82(123)65(24-17-34-95)102-83(124)67(36-54-26-29-58(113)30-27-54)104-84(125)68(40-56-44-98-64-23-16-15-22-61(56)64)105-87(128)74-43-59(114)46-110(74)89(130)66(32-33-78(118)119)103-85(126)72(38-52-18-11-9-12-19-52)108(5)92(133)80(97)51(2)3/h9-16,18-23,26-31,35,44,48,51,57,59-60,65-75,80,98,113-115H,7-8,17,24-25,32-34,36-43,45-47,49-50,95,97H2,1-6H3,(H2,96,116)(H,99,122)(H,100,127)(H,101,117)(H,102,124)(H,103,126)(H,104,125)(H,105,128)(H,106,123)(H,118,119)(H,120,121)/t57-,59-,60-,65-,66-,67-,68-,69-,70-,71-,72-,73+,74+,75-,80-/m0/s1. The number of nitrogens with one attached hydrogen (secondary N) is 9. The van der Waals surface area contributed by atoms with Crippen molar-refractivity contribution in [1.29, 1.82) is 0 Å². The molecule has 1 aromatic heterocycles. The molecule has 5 aromatic carbocycles. The zero-order valence-corrected chi connectivity index (χ0v) is 76.0. The van der Waals surface area contributed by atoms with E-state index in [4.69, 9.17) is 17.2 Å². The van der Waals surface area contributed by atoms with Crippen LogP contribution in [-0.2, 0) is 114 Å². The van der Waals surface area contributed by atoms with Gasteiger partial charge >= 0.3 is 11.9 Å². The van der Waals surface area contributed by atoms with Crippen LogP contribution in [0.1, 0.15) is 113 Å². The predicted octanol–water partition coefficient (Wildman–Crippen LogP) is -0.751. The maximum absolute atomic E-state index is 15.4. The Kier molecular flexibility index (Phi) is 40.4. The number of halogens is 2. The highest BCUT2D eigenvalue weighted by atomic mass is 32.2. The van der Waals surface area contributed by atoms with Gasteiger partial charge in [0, 0.05) is 108 Å². The number of thioether (sulfide) groups is 1. The number of aromatic amines is 1. The third-order valence-corrected chi connectivity index (χ3v) is 24.3. The van der Waals surface area contributed by atoms with E-state index >= 15 is 33.2 Å². The lowest BCUT2D eigenvalue weighted by atomic mass is 9.99. The number of primary amides is 1. The summed E-state index contributed by atoms with van der Waals surface area (Å²) in [6, 6.07) is 11.9. The Bertz CT molecular complexity index is 5140. The van der Waals surface area contributed by atoms with Crippen LogP contribution in [0.2, 0.25) is 0 Å². The van der Waals surface area contributed by atoms with Crippen LogP contribution in [0.15, 0.2) is 134 Å². The minimum absolute atomic E-state index is 0.0103. The normalized spacial score (nSPS) is 17.1. The molecule has 14 amide bonds. The number of β-amino-alcohol motifs (C(OH)–C–C–N with tert-alkyl or cyclic N) is 2. The zero-order chi connectivity index (χ0) is 98.3. The molecule has 0 spiro atoms. The van der Waals surface area contributed by atoms with Crippen molar-refractivity contribution in [2.45, 2.75) is 208 Å². The molecule has 39 nitrogen and oxygen atoms in total. The maximum Gasteiger partial charge on any atom is 0.305 e. The molecule has 2 aliphatic heterocycles. The van der Waals surface area contributed by atoms with Gasteiger partial charge in [0.25, 0.3) is 0 Å². The average molecular weight is 1890 g/mol. The fourth-order valence-electron chi connectivity index (χ4n) is 15.8. The Hall–Kier alpha value is -13.3. The first-order valence-electron chi connectivity index (χ1n) is 43.9. The molecule has 6 aromatic rings. The number of aliphatic hydroxyl groups excluding tert-OH is 2. The lowest BCUT2D eigenvalue weighted by Gasteiger charge is -2.37. The number of unbranched alkanes of at least 4 members (excludes halogenated alkanes) is 1. The number of nitrogens with zero attached hydrogens (tertiary/aromatic N) is 5. The second-order valence-electron chi connectivity index (χ2n) is 33.7. The second kappa shape index (κ2) is 51.1. The maximum atomic E-state index is 15.4. The van der Waals surface area contributed by atoms with Gasteiger partial charge in [-0.1, -0.05) is 131 Å². The molecule has 0 unspecified atom stereocenters. The fraction of sp³-hybridized carbons (Fsp3) is 0.467. The molecule has 2 aliphatic rings. The summed E-state index contributed by atoms with van der Waals surface area (Å²) in [5.41, 5.74) is 20.1. The largest absolute Gasteiger partial charge is 0.508 e. The van der Waals surface area contributed by atoms with Crippen LogP contribution >= 0.6 is 11.8 Å². The van der Waals surface area contributed by atoms with Crippen molar-refractivity contribution in [3.8, 4) is 5.75 Å². The number of fused-ring (bicyclic) bond motifs is 1. The number of benzene rings is 5. The van der Waals surface area contributed by atoms with Crippen LogP contribution in [0.4, 0.5) is 8.78 Å². The number of carbonyl (C=O) groups is 17. The van der Waals surface area contributed by atoms with E-state index in [1.165, 1.54) is 45.4 Å². The van der Waals surface area contributed by atoms with E-state index in [1.54, 1.807) is 112 Å². The number of aliphatic hydroxyl groups is 2. The molecule has 2 saturated heterocycles. The number of aromatic nitrogens is 1. The first-order chi connectivity index (χ1) is 63.7. The summed E-state index contributed by atoms with van der Waals surface area (Å²) in [6.07, 6.45) is -4.77. The molecule has 0 bridgehead atoms. The van der Waals surface area contributed by atoms with E-state index in [2.05, 4.69) is 47.5 Å². The number of aldehydes is 1. The lowest BCUT2D eigenvalue weighted by molar-refractivity contribution is -0.152. The molecule has 3 heterocycles. The van der Waals surface area contributed by atoms with Crippen molar-refractivity contribution in [2.75, 3.05) is 58.8 Å². The number of rotatable bonds is 51. The quantitative estimate of drug-likeness (QED) is 0.0209. The summed E-state index contributed by atoms with van der Waals surface area (Å²) in [5.74, 6) is -20.5. The molecule has 134 heavy (non-hydrogen) atoms. The van der Waals surface area contributed by atoms with Crippen molar-refractivity contribution < 1.29 is 116 Å². The van der Waals surface area contributed by atoms with Gasteiger partial charge in [0.15, 0.2) is 11.6 Å². The van der Waals surface area contributed by atoms with Crippen LogP contribution in [0, 0.1) is 17.6 Å². The number of nitrogens with two attached hydrogens (primary N) is 3. The lowest BCUT2D eigenvalue weighted by Crippen LogP contribution is -2.61. The number of para-hydroxylation sites is 1. The Morgan fingerprint density at radius 1 is 0.545 bits per heavy atom. The summed E-state index contributed by atoms with van der Waals surface area (Å²) in [6.45, 7) is 3.42. The third kappa shape index (κ3) is 30.6. The Morgan fingerprint density at radius 3 is 1.66 bits per heavy atom. The molecular weight excluding hydrogens is 1770 g/mol. The molecule has 724 valence electrons. The van der Waals surface area contributed by atoms with Crippen molar-refractivity contribution in [3.05, 3.63) is 173 Å². The second-order valence-corrected chi connectivity index (χ2v) is 34.7. The van der Waals surface area contributed by atoms with Crippen molar-refractivity contribution >= 4 is 124 Å².